The maximum atomic E-state index is 5.62. The Labute approximate surface area is 145 Å². The van der Waals surface area contributed by atoms with Gasteiger partial charge in [0.1, 0.15) is 0 Å². The van der Waals surface area contributed by atoms with E-state index in [1.54, 1.807) is 7.11 Å². The highest BCUT2D eigenvalue weighted by atomic mass is 16.5. The minimum atomic E-state index is 0.0935. The van der Waals surface area contributed by atoms with Crippen LogP contribution in [-0.2, 0) is 11.3 Å². The molecule has 3 rings (SSSR count). The van der Waals surface area contributed by atoms with Crippen LogP contribution in [0.2, 0.25) is 0 Å². The van der Waals surface area contributed by atoms with Crippen LogP contribution in [0.5, 0.6) is 0 Å². The Morgan fingerprint density at radius 3 is 2.58 bits per heavy atom. The van der Waals surface area contributed by atoms with Crippen molar-refractivity contribution in [2.75, 3.05) is 20.2 Å². The SMILES string of the molecule is CO[C@H](CNC[C@@H](C)N1C=Cc2ccccc2C1)c1ccccc1. The van der Waals surface area contributed by atoms with Gasteiger partial charge in [-0.2, -0.15) is 0 Å². The molecule has 2 aromatic carbocycles. The summed E-state index contributed by atoms with van der Waals surface area (Å²) in [5, 5.41) is 3.56. The normalized spacial score (nSPS) is 15.8. The van der Waals surface area contributed by atoms with Gasteiger partial charge in [0.05, 0.1) is 6.10 Å². The summed E-state index contributed by atoms with van der Waals surface area (Å²) >= 11 is 0. The van der Waals surface area contributed by atoms with Crippen molar-refractivity contribution < 1.29 is 4.74 Å². The van der Waals surface area contributed by atoms with Crippen LogP contribution in [0.25, 0.3) is 6.08 Å². The molecule has 0 spiro atoms. The van der Waals surface area contributed by atoms with Crippen LogP contribution >= 0.6 is 0 Å². The van der Waals surface area contributed by atoms with Gasteiger partial charge in [-0.05, 0) is 29.7 Å². The molecule has 1 aliphatic heterocycles. The Morgan fingerprint density at radius 1 is 1.04 bits per heavy atom. The Kier molecular flexibility index (Phi) is 5.68. The van der Waals surface area contributed by atoms with Crippen molar-refractivity contribution in [3.05, 3.63) is 77.5 Å². The van der Waals surface area contributed by atoms with Gasteiger partial charge in [0.15, 0.2) is 0 Å². The number of rotatable bonds is 7. The van der Waals surface area contributed by atoms with Gasteiger partial charge in [0, 0.05) is 39.0 Å². The molecule has 1 N–H and O–H groups in total. The lowest BCUT2D eigenvalue weighted by molar-refractivity contribution is 0.100. The largest absolute Gasteiger partial charge is 0.375 e. The predicted molar refractivity (Wildman–Crippen MR) is 99.5 cm³/mol. The molecule has 1 heterocycles. The molecule has 0 unspecified atom stereocenters. The van der Waals surface area contributed by atoms with Gasteiger partial charge in [-0.1, -0.05) is 54.6 Å². The van der Waals surface area contributed by atoms with Crippen LogP contribution in [0.3, 0.4) is 0 Å². The average molecular weight is 322 g/mol. The second-order valence-electron chi connectivity index (χ2n) is 6.33. The van der Waals surface area contributed by atoms with Crippen LogP contribution in [0.1, 0.15) is 29.7 Å². The quantitative estimate of drug-likeness (QED) is 0.838. The topological polar surface area (TPSA) is 24.5 Å². The summed E-state index contributed by atoms with van der Waals surface area (Å²) in [6.45, 7) is 4.98. The van der Waals surface area contributed by atoms with E-state index in [0.29, 0.717) is 6.04 Å². The van der Waals surface area contributed by atoms with Gasteiger partial charge in [-0.15, -0.1) is 0 Å². The minimum absolute atomic E-state index is 0.0935. The number of hydrogen-bond donors (Lipinski definition) is 1. The first-order valence-electron chi connectivity index (χ1n) is 8.58. The first-order chi connectivity index (χ1) is 11.8. The fourth-order valence-electron chi connectivity index (χ4n) is 3.11. The first kappa shape index (κ1) is 16.7. The Morgan fingerprint density at radius 2 is 1.79 bits per heavy atom. The van der Waals surface area contributed by atoms with Crippen molar-refractivity contribution in [3.8, 4) is 0 Å². The van der Waals surface area contributed by atoms with Gasteiger partial charge >= 0.3 is 0 Å². The number of fused-ring (bicyclic) bond motifs is 1. The lowest BCUT2D eigenvalue weighted by Crippen LogP contribution is -2.39. The fourth-order valence-corrected chi connectivity index (χ4v) is 3.11. The lowest BCUT2D eigenvalue weighted by atomic mass is 10.0. The first-order valence-corrected chi connectivity index (χ1v) is 8.58. The summed E-state index contributed by atoms with van der Waals surface area (Å²) in [6.07, 6.45) is 4.51. The molecule has 0 aliphatic carbocycles. The van der Waals surface area contributed by atoms with E-state index in [4.69, 9.17) is 4.74 Å². The van der Waals surface area contributed by atoms with Crippen molar-refractivity contribution in [3.63, 3.8) is 0 Å². The van der Waals surface area contributed by atoms with Gasteiger partial charge in [0.2, 0.25) is 0 Å². The second-order valence-corrected chi connectivity index (χ2v) is 6.33. The summed E-state index contributed by atoms with van der Waals surface area (Å²) in [7, 11) is 1.77. The highest BCUT2D eigenvalue weighted by Crippen LogP contribution is 2.21. The van der Waals surface area contributed by atoms with Gasteiger partial charge in [-0.25, -0.2) is 0 Å². The van der Waals surface area contributed by atoms with Crippen LogP contribution in [0.15, 0.2) is 60.8 Å². The van der Waals surface area contributed by atoms with Crippen molar-refractivity contribution >= 4 is 6.08 Å². The van der Waals surface area contributed by atoms with E-state index >= 15 is 0 Å². The highest BCUT2D eigenvalue weighted by Gasteiger charge is 2.16. The van der Waals surface area contributed by atoms with Crippen LogP contribution in [0, 0.1) is 0 Å². The zero-order chi connectivity index (χ0) is 16.8. The molecule has 3 heteroatoms. The number of nitrogens with zero attached hydrogens (tertiary/aromatic N) is 1. The maximum Gasteiger partial charge on any atom is 0.0945 e. The molecule has 1 aliphatic rings. The smallest absolute Gasteiger partial charge is 0.0945 e. The molecule has 0 saturated carbocycles. The number of methoxy groups -OCH3 is 1. The van der Waals surface area contributed by atoms with Gasteiger partial charge < -0.3 is 15.0 Å². The van der Waals surface area contributed by atoms with Crippen molar-refractivity contribution in [2.24, 2.45) is 0 Å². The second kappa shape index (κ2) is 8.13. The van der Waals surface area contributed by atoms with Crippen molar-refractivity contribution in [1.29, 1.82) is 0 Å². The monoisotopic (exact) mass is 322 g/mol. The minimum Gasteiger partial charge on any atom is -0.375 e. The number of nitrogens with one attached hydrogen (secondary N) is 1. The molecular formula is C21H26N2O. The van der Waals surface area contributed by atoms with Crippen molar-refractivity contribution in [1.82, 2.24) is 10.2 Å². The van der Waals surface area contributed by atoms with Gasteiger partial charge in [-0.3, -0.25) is 0 Å². The summed E-state index contributed by atoms with van der Waals surface area (Å²) in [5.74, 6) is 0. The Balaban J connectivity index is 1.50. The summed E-state index contributed by atoms with van der Waals surface area (Å²) < 4.78 is 5.62. The molecule has 2 atom stereocenters. The van der Waals surface area contributed by atoms with E-state index in [9.17, 15) is 0 Å². The van der Waals surface area contributed by atoms with Crippen molar-refractivity contribution in [2.45, 2.75) is 25.6 Å². The van der Waals surface area contributed by atoms with Crippen LogP contribution < -0.4 is 5.32 Å². The molecular weight excluding hydrogens is 296 g/mol. The summed E-state index contributed by atoms with van der Waals surface area (Å²) in [5.41, 5.74) is 3.94. The summed E-state index contributed by atoms with van der Waals surface area (Å²) in [4.78, 5) is 2.39. The summed E-state index contributed by atoms with van der Waals surface area (Å²) in [6, 6.07) is 19.4. The van der Waals surface area contributed by atoms with Gasteiger partial charge in [0.25, 0.3) is 0 Å². The van der Waals surface area contributed by atoms with Crippen LogP contribution in [-0.4, -0.2) is 31.1 Å². The van der Waals surface area contributed by atoms with E-state index in [1.165, 1.54) is 16.7 Å². The van der Waals surface area contributed by atoms with Crippen LogP contribution in [0.4, 0.5) is 0 Å². The number of ether oxygens (including phenoxy) is 1. The fraction of sp³-hybridized carbons (Fsp3) is 0.333. The highest BCUT2D eigenvalue weighted by molar-refractivity contribution is 5.55. The Hall–Kier alpha value is -2.10. The molecule has 2 aromatic rings. The molecule has 0 fully saturated rings. The average Bonchev–Trinajstić information content (AvgIpc) is 2.65. The number of hydrogen-bond acceptors (Lipinski definition) is 3. The molecule has 0 radical (unpaired) electrons. The zero-order valence-corrected chi connectivity index (χ0v) is 14.5. The van der Waals surface area contributed by atoms with E-state index in [2.05, 4.69) is 77.9 Å². The zero-order valence-electron chi connectivity index (χ0n) is 14.5. The third kappa shape index (κ3) is 4.05. The van der Waals surface area contributed by atoms with E-state index in [0.717, 1.165) is 19.6 Å². The molecule has 3 nitrogen and oxygen atoms in total. The van der Waals surface area contributed by atoms with E-state index in [1.807, 2.05) is 6.07 Å². The third-order valence-corrected chi connectivity index (χ3v) is 4.65. The molecule has 126 valence electrons. The molecule has 0 saturated heterocycles. The van der Waals surface area contributed by atoms with E-state index in [-0.39, 0.29) is 6.10 Å². The van der Waals surface area contributed by atoms with E-state index < -0.39 is 0 Å². The standard InChI is InChI=1S/C21H26N2O/c1-17(23-13-12-18-8-6-7-11-20(18)16-23)14-22-15-21(24-2)19-9-4-3-5-10-19/h3-13,17,21-22H,14-16H2,1-2H3/t17-,21-/m1/s1. The molecule has 0 amide bonds. The Bertz CT molecular complexity index is 669. The third-order valence-electron chi connectivity index (χ3n) is 4.65. The molecule has 0 aromatic heterocycles. The molecule has 0 bridgehead atoms. The number of benzene rings is 2. The predicted octanol–water partition coefficient (Wildman–Crippen LogP) is 3.84. The maximum absolute atomic E-state index is 5.62. The molecule has 24 heavy (non-hydrogen) atoms. The lowest BCUT2D eigenvalue weighted by Gasteiger charge is -2.31.